The number of carbonyl (C=O) groups excluding carboxylic acids is 2. The van der Waals surface area contributed by atoms with Crippen LogP contribution in [0.2, 0.25) is 0 Å². The number of para-hydroxylation sites is 1. The Kier molecular flexibility index (Phi) is 6.96. The van der Waals surface area contributed by atoms with Crippen LogP contribution in [0.4, 0.5) is 11.4 Å². The highest BCUT2D eigenvalue weighted by Gasteiger charge is 2.20. The molecule has 0 spiro atoms. The van der Waals surface area contributed by atoms with Gasteiger partial charge in [0.05, 0.1) is 23.3 Å². The van der Waals surface area contributed by atoms with Crippen molar-refractivity contribution in [2.24, 2.45) is 0 Å². The number of hydrogen-bond donors (Lipinski definition) is 3. The standard InChI is InChI=1S/C22H20N2O7S/c1-30-17-10-12-18(13-11-17)32(28,29)24-20-5-3-2-4-19(20)22(27)31-14-21(26)23-15-6-8-16(25)9-7-15/h2-13,24-25H,14H2,1H3,(H,23,26). The van der Waals surface area contributed by atoms with Crippen LogP contribution < -0.4 is 14.8 Å². The molecule has 3 aromatic rings. The topological polar surface area (TPSA) is 131 Å². The van der Waals surface area contributed by atoms with Crippen LogP contribution in [0.25, 0.3) is 0 Å². The molecule has 0 aliphatic rings. The van der Waals surface area contributed by atoms with Gasteiger partial charge in [-0.3, -0.25) is 9.52 Å². The van der Waals surface area contributed by atoms with E-state index in [0.29, 0.717) is 11.4 Å². The lowest BCUT2D eigenvalue weighted by molar-refractivity contribution is -0.119. The molecule has 32 heavy (non-hydrogen) atoms. The normalized spacial score (nSPS) is 10.8. The fraction of sp³-hybridized carbons (Fsp3) is 0.0909. The number of aromatic hydroxyl groups is 1. The van der Waals surface area contributed by atoms with E-state index in [-0.39, 0.29) is 21.9 Å². The molecule has 0 aliphatic heterocycles. The molecule has 0 saturated carbocycles. The smallest absolute Gasteiger partial charge is 0.340 e. The molecule has 3 aromatic carbocycles. The fourth-order valence-electron chi connectivity index (χ4n) is 2.66. The molecule has 0 atom stereocenters. The largest absolute Gasteiger partial charge is 0.508 e. The summed E-state index contributed by atoms with van der Waals surface area (Å²) >= 11 is 0. The Hall–Kier alpha value is -4.05. The maximum Gasteiger partial charge on any atom is 0.340 e. The second-order valence-electron chi connectivity index (χ2n) is 6.50. The van der Waals surface area contributed by atoms with Crippen molar-refractivity contribution in [1.29, 1.82) is 0 Å². The van der Waals surface area contributed by atoms with Gasteiger partial charge in [-0.15, -0.1) is 0 Å². The van der Waals surface area contributed by atoms with Crippen LogP contribution in [0.1, 0.15) is 10.4 Å². The summed E-state index contributed by atoms with van der Waals surface area (Å²) in [6.07, 6.45) is 0. The minimum absolute atomic E-state index is 0.00672. The highest BCUT2D eigenvalue weighted by Crippen LogP contribution is 2.22. The number of anilines is 2. The molecule has 3 N–H and O–H groups in total. The van der Waals surface area contributed by atoms with Crippen molar-refractivity contribution in [3.8, 4) is 11.5 Å². The number of rotatable bonds is 8. The molecule has 0 bridgehead atoms. The Balaban J connectivity index is 1.67. The first-order chi connectivity index (χ1) is 15.3. The average molecular weight is 456 g/mol. The summed E-state index contributed by atoms with van der Waals surface area (Å²) in [4.78, 5) is 24.5. The van der Waals surface area contributed by atoms with E-state index < -0.39 is 28.5 Å². The zero-order valence-electron chi connectivity index (χ0n) is 16.9. The van der Waals surface area contributed by atoms with Crippen molar-refractivity contribution in [1.82, 2.24) is 0 Å². The third kappa shape index (κ3) is 5.76. The second-order valence-corrected chi connectivity index (χ2v) is 8.18. The van der Waals surface area contributed by atoms with E-state index >= 15 is 0 Å². The van der Waals surface area contributed by atoms with E-state index in [4.69, 9.17) is 9.47 Å². The van der Waals surface area contributed by atoms with Crippen LogP contribution in [0, 0.1) is 0 Å². The Morgan fingerprint density at radius 1 is 0.938 bits per heavy atom. The van der Waals surface area contributed by atoms with E-state index in [9.17, 15) is 23.1 Å². The highest BCUT2D eigenvalue weighted by atomic mass is 32.2. The van der Waals surface area contributed by atoms with Crippen molar-refractivity contribution in [3.05, 3.63) is 78.4 Å². The Morgan fingerprint density at radius 3 is 2.25 bits per heavy atom. The van der Waals surface area contributed by atoms with Crippen LogP contribution in [0.3, 0.4) is 0 Å². The van der Waals surface area contributed by atoms with Crippen molar-refractivity contribution in [2.75, 3.05) is 23.8 Å². The molecule has 9 nitrogen and oxygen atoms in total. The van der Waals surface area contributed by atoms with Gasteiger partial charge in [0.15, 0.2) is 6.61 Å². The van der Waals surface area contributed by atoms with Gasteiger partial charge in [-0.1, -0.05) is 12.1 Å². The quantitative estimate of drug-likeness (QED) is 0.351. The fourth-order valence-corrected chi connectivity index (χ4v) is 3.74. The molecule has 0 radical (unpaired) electrons. The van der Waals surface area contributed by atoms with Gasteiger partial charge in [0.1, 0.15) is 11.5 Å². The molecule has 0 heterocycles. The molecule has 0 aliphatic carbocycles. The molecule has 10 heteroatoms. The number of esters is 1. The zero-order valence-corrected chi connectivity index (χ0v) is 17.8. The third-order valence-corrected chi connectivity index (χ3v) is 5.63. The molecule has 166 valence electrons. The Labute approximate surface area is 184 Å². The molecule has 0 saturated heterocycles. The van der Waals surface area contributed by atoms with Crippen LogP contribution in [-0.4, -0.2) is 39.1 Å². The van der Waals surface area contributed by atoms with E-state index in [2.05, 4.69) is 10.0 Å². The molecular formula is C22H20N2O7S. The van der Waals surface area contributed by atoms with Gasteiger partial charge in [0.25, 0.3) is 15.9 Å². The van der Waals surface area contributed by atoms with Crippen molar-refractivity contribution < 1.29 is 32.6 Å². The number of ether oxygens (including phenoxy) is 2. The molecule has 0 aromatic heterocycles. The molecule has 1 amide bonds. The predicted molar refractivity (Wildman–Crippen MR) is 117 cm³/mol. The SMILES string of the molecule is COc1ccc(S(=O)(=O)Nc2ccccc2C(=O)OCC(=O)Nc2ccc(O)cc2)cc1. The van der Waals surface area contributed by atoms with Crippen LogP contribution in [0.5, 0.6) is 11.5 Å². The first-order valence-electron chi connectivity index (χ1n) is 9.30. The van der Waals surface area contributed by atoms with Crippen molar-refractivity contribution >= 4 is 33.3 Å². The number of amides is 1. The molecule has 0 unspecified atom stereocenters. The summed E-state index contributed by atoms with van der Waals surface area (Å²) in [5, 5.41) is 11.8. The maximum absolute atomic E-state index is 12.7. The first kappa shape index (κ1) is 22.6. The van der Waals surface area contributed by atoms with Gasteiger partial charge in [-0.05, 0) is 60.7 Å². The van der Waals surface area contributed by atoms with Crippen LogP contribution >= 0.6 is 0 Å². The van der Waals surface area contributed by atoms with Crippen LogP contribution in [-0.2, 0) is 19.6 Å². The highest BCUT2D eigenvalue weighted by molar-refractivity contribution is 7.92. The molecule has 3 rings (SSSR count). The third-order valence-electron chi connectivity index (χ3n) is 4.25. The van der Waals surface area contributed by atoms with E-state index in [1.54, 1.807) is 6.07 Å². The van der Waals surface area contributed by atoms with E-state index in [1.807, 2.05) is 0 Å². The van der Waals surface area contributed by atoms with Gasteiger partial charge in [-0.25, -0.2) is 13.2 Å². The number of phenolic OH excluding ortho intramolecular Hbond substituents is 1. The Bertz CT molecular complexity index is 1210. The number of carbonyl (C=O) groups is 2. The second kappa shape index (κ2) is 9.84. The predicted octanol–water partition coefficient (Wildman–Crippen LogP) is 3.00. The summed E-state index contributed by atoms with van der Waals surface area (Å²) < 4.78 is 37.8. The average Bonchev–Trinajstić information content (AvgIpc) is 2.79. The lowest BCUT2D eigenvalue weighted by Gasteiger charge is -2.13. The number of phenols is 1. The maximum atomic E-state index is 12.7. The minimum Gasteiger partial charge on any atom is -0.508 e. The number of methoxy groups -OCH3 is 1. The Morgan fingerprint density at radius 2 is 1.59 bits per heavy atom. The van der Waals surface area contributed by atoms with Gasteiger partial charge < -0.3 is 19.9 Å². The summed E-state index contributed by atoms with van der Waals surface area (Å²) in [7, 11) is -2.52. The van der Waals surface area contributed by atoms with Crippen LogP contribution in [0.15, 0.2) is 77.7 Å². The number of benzene rings is 3. The van der Waals surface area contributed by atoms with Crippen molar-refractivity contribution in [3.63, 3.8) is 0 Å². The molecular weight excluding hydrogens is 436 g/mol. The number of nitrogens with one attached hydrogen (secondary N) is 2. The lowest BCUT2D eigenvalue weighted by atomic mass is 10.2. The lowest BCUT2D eigenvalue weighted by Crippen LogP contribution is -2.22. The van der Waals surface area contributed by atoms with E-state index in [0.717, 1.165) is 0 Å². The summed E-state index contributed by atoms with van der Waals surface area (Å²) in [5.74, 6) is -0.930. The number of sulfonamides is 1. The van der Waals surface area contributed by atoms with Gasteiger partial charge >= 0.3 is 5.97 Å². The van der Waals surface area contributed by atoms with Gasteiger partial charge in [-0.2, -0.15) is 0 Å². The zero-order chi connectivity index (χ0) is 23.1. The first-order valence-corrected chi connectivity index (χ1v) is 10.8. The summed E-state index contributed by atoms with van der Waals surface area (Å²) in [5.41, 5.74) is 0.366. The summed E-state index contributed by atoms with van der Waals surface area (Å²) in [6, 6.07) is 17.4. The summed E-state index contributed by atoms with van der Waals surface area (Å²) in [6.45, 7) is -0.584. The van der Waals surface area contributed by atoms with Crippen molar-refractivity contribution in [2.45, 2.75) is 4.90 Å². The number of hydrogen-bond acceptors (Lipinski definition) is 7. The van der Waals surface area contributed by atoms with Gasteiger partial charge in [0.2, 0.25) is 0 Å². The molecule has 0 fully saturated rings. The minimum atomic E-state index is -3.98. The monoisotopic (exact) mass is 456 g/mol. The van der Waals surface area contributed by atoms with Gasteiger partial charge in [0, 0.05) is 5.69 Å². The van der Waals surface area contributed by atoms with E-state index in [1.165, 1.54) is 73.8 Å².